The summed E-state index contributed by atoms with van der Waals surface area (Å²) < 4.78 is 5.89. The van der Waals surface area contributed by atoms with Crippen LogP contribution < -0.4 is 11.0 Å². The molecule has 1 aromatic rings. The molecule has 2 N–H and O–H groups in total. The number of ether oxygens (including phenoxy) is 1. The zero-order chi connectivity index (χ0) is 19.2. The summed E-state index contributed by atoms with van der Waals surface area (Å²) in [5, 5.41) is 11.9. The third kappa shape index (κ3) is 6.24. The number of carboxylic acids is 1. The summed E-state index contributed by atoms with van der Waals surface area (Å²) in [4.78, 5) is 51.3. The van der Waals surface area contributed by atoms with Crippen molar-refractivity contribution in [2.24, 2.45) is 0 Å². The van der Waals surface area contributed by atoms with Gasteiger partial charge in [-0.2, -0.15) is 0 Å². The fourth-order valence-corrected chi connectivity index (χ4v) is 2.00. The Balaban J connectivity index is 2.89. The van der Waals surface area contributed by atoms with Crippen molar-refractivity contribution in [1.82, 2.24) is 19.8 Å². The molecule has 0 saturated heterocycles. The van der Waals surface area contributed by atoms with E-state index in [9.17, 15) is 24.3 Å². The van der Waals surface area contributed by atoms with Crippen molar-refractivity contribution < 1.29 is 24.2 Å². The summed E-state index contributed by atoms with van der Waals surface area (Å²) >= 11 is 0. The average molecular weight is 354 g/mol. The first-order valence-corrected chi connectivity index (χ1v) is 7.53. The topological polar surface area (TPSA) is 131 Å². The Kier molecular flexibility index (Phi) is 6.66. The third-order valence-electron chi connectivity index (χ3n) is 2.94. The number of amides is 2. The van der Waals surface area contributed by atoms with Gasteiger partial charge >= 0.3 is 17.8 Å². The van der Waals surface area contributed by atoms with Crippen molar-refractivity contribution >= 4 is 18.0 Å². The predicted octanol–water partition coefficient (Wildman–Crippen LogP) is 0.200. The second-order valence-corrected chi connectivity index (χ2v) is 6.16. The zero-order valence-electron chi connectivity index (χ0n) is 14.6. The molecule has 1 atom stereocenters. The minimum Gasteiger partial charge on any atom is -0.478 e. The molecule has 138 valence electrons. The summed E-state index contributed by atoms with van der Waals surface area (Å²) in [5.74, 6) is -1.98. The Labute approximate surface area is 144 Å². The van der Waals surface area contributed by atoms with Crippen LogP contribution in [0, 0.1) is 0 Å². The van der Waals surface area contributed by atoms with E-state index in [1.54, 1.807) is 20.8 Å². The number of carbonyl (C=O) groups excluding carboxylic acids is 2. The number of rotatable bonds is 6. The number of hydrogen-bond donors (Lipinski definition) is 2. The molecule has 0 radical (unpaired) electrons. The number of aliphatic carboxylic acids is 1. The lowest BCUT2D eigenvalue weighted by molar-refractivity contribution is -0.154. The summed E-state index contributed by atoms with van der Waals surface area (Å²) in [6.45, 7) is 6.09. The number of aromatic nitrogens is 2. The van der Waals surface area contributed by atoms with E-state index in [0.29, 0.717) is 0 Å². The van der Waals surface area contributed by atoms with Crippen molar-refractivity contribution in [3.8, 4) is 0 Å². The Bertz CT molecular complexity index is 694. The van der Waals surface area contributed by atoms with Gasteiger partial charge in [0.05, 0.1) is 0 Å². The number of carboxylic acid groups (broad SMARTS) is 1. The molecular formula is C15H22N4O6. The van der Waals surface area contributed by atoms with Gasteiger partial charge in [-0.25, -0.2) is 19.4 Å². The monoisotopic (exact) mass is 354 g/mol. The van der Waals surface area contributed by atoms with Crippen molar-refractivity contribution in [3.63, 3.8) is 0 Å². The number of alkyl carbamates (subject to hydrolysis) is 1. The van der Waals surface area contributed by atoms with Crippen LogP contribution in [0.3, 0.4) is 0 Å². The van der Waals surface area contributed by atoms with E-state index in [0.717, 1.165) is 9.47 Å². The molecule has 10 heteroatoms. The maximum atomic E-state index is 11.9. The molecule has 1 aromatic heterocycles. The van der Waals surface area contributed by atoms with Crippen LogP contribution in [-0.2, 0) is 14.3 Å². The second kappa shape index (κ2) is 8.27. The van der Waals surface area contributed by atoms with Gasteiger partial charge in [0, 0.05) is 32.4 Å². The van der Waals surface area contributed by atoms with E-state index in [1.807, 2.05) is 0 Å². The molecule has 0 aromatic carbocycles. The summed E-state index contributed by atoms with van der Waals surface area (Å²) in [5.41, 5.74) is -1.49. The van der Waals surface area contributed by atoms with Gasteiger partial charge in [0.15, 0.2) is 0 Å². The molecule has 0 aliphatic carbocycles. The van der Waals surface area contributed by atoms with Crippen molar-refractivity contribution in [3.05, 3.63) is 28.9 Å². The minimum absolute atomic E-state index is 0.0483. The van der Waals surface area contributed by atoms with E-state index < -0.39 is 35.4 Å². The molecule has 1 rings (SSSR count). The number of carbonyl (C=O) groups is 3. The number of nitrogens with one attached hydrogen (secondary N) is 1. The van der Waals surface area contributed by atoms with Crippen LogP contribution in [0.1, 0.15) is 33.9 Å². The fourth-order valence-electron chi connectivity index (χ4n) is 2.00. The van der Waals surface area contributed by atoms with E-state index in [1.165, 1.54) is 25.4 Å². The lowest BCUT2D eigenvalue weighted by atomic mass is 10.2. The molecular weight excluding hydrogens is 332 g/mol. The standard InChI is InChI=1S/C15H22N4O6/c1-10(20)18(9-7-17-14(24)25-15(2,3)4)11(12(21)22)19-8-5-6-16-13(19)23/h5-6,8,11H,7,9H2,1-4H3,(H,17,24)(H,21,22). The first-order valence-electron chi connectivity index (χ1n) is 7.53. The second-order valence-electron chi connectivity index (χ2n) is 6.16. The van der Waals surface area contributed by atoms with Crippen LogP contribution in [0.2, 0.25) is 0 Å². The normalized spacial score (nSPS) is 12.2. The molecule has 25 heavy (non-hydrogen) atoms. The molecule has 0 fully saturated rings. The SMILES string of the molecule is CC(=O)N(CCNC(=O)OC(C)(C)C)C(C(=O)O)n1cccnc1=O. The fraction of sp³-hybridized carbons (Fsp3) is 0.533. The van der Waals surface area contributed by atoms with E-state index in [4.69, 9.17) is 4.74 Å². The smallest absolute Gasteiger partial charge is 0.407 e. The van der Waals surface area contributed by atoms with Gasteiger partial charge in [-0.15, -0.1) is 0 Å². The molecule has 0 saturated carbocycles. The third-order valence-corrected chi connectivity index (χ3v) is 2.94. The number of hydrogen-bond acceptors (Lipinski definition) is 6. The largest absolute Gasteiger partial charge is 0.478 e. The van der Waals surface area contributed by atoms with Gasteiger partial charge < -0.3 is 20.1 Å². The van der Waals surface area contributed by atoms with Gasteiger partial charge in [-0.05, 0) is 26.8 Å². The summed E-state index contributed by atoms with van der Waals surface area (Å²) in [6, 6.07) is 1.38. The first kappa shape index (κ1) is 20.1. The van der Waals surface area contributed by atoms with Crippen LogP contribution in [-0.4, -0.2) is 56.2 Å². The van der Waals surface area contributed by atoms with Crippen molar-refractivity contribution in [1.29, 1.82) is 0 Å². The molecule has 0 aliphatic rings. The minimum atomic E-state index is -1.57. The van der Waals surface area contributed by atoms with Gasteiger partial charge in [-0.1, -0.05) is 0 Å². The molecule has 0 spiro atoms. The highest BCUT2D eigenvalue weighted by Gasteiger charge is 2.30. The molecule has 10 nitrogen and oxygen atoms in total. The molecule has 0 bridgehead atoms. The van der Waals surface area contributed by atoms with Crippen LogP contribution in [0.4, 0.5) is 4.79 Å². The Morgan fingerprint density at radius 1 is 1.40 bits per heavy atom. The Morgan fingerprint density at radius 2 is 2.04 bits per heavy atom. The molecule has 1 unspecified atom stereocenters. The van der Waals surface area contributed by atoms with Crippen LogP contribution >= 0.6 is 0 Å². The molecule has 1 heterocycles. The summed E-state index contributed by atoms with van der Waals surface area (Å²) in [6.07, 6.45) is 0.186. The highest BCUT2D eigenvalue weighted by atomic mass is 16.6. The van der Waals surface area contributed by atoms with E-state index in [2.05, 4.69) is 10.3 Å². The maximum Gasteiger partial charge on any atom is 0.407 e. The molecule has 0 aliphatic heterocycles. The van der Waals surface area contributed by atoms with Gasteiger partial charge in [0.2, 0.25) is 12.1 Å². The Morgan fingerprint density at radius 3 is 2.52 bits per heavy atom. The average Bonchev–Trinajstić information content (AvgIpc) is 2.45. The summed E-state index contributed by atoms with van der Waals surface area (Å²) in [7, 11) is 0. The maximum absolute atomic E-state index is 11.9. The van der Waals surface area contributed by atoms with Crippen molar-refractivity contribution in [2.75, 3.05) is 13.1 Å². The van der Waals surface area contributed by atoms with Crippen LogP contribution in [0.15, 0.2) is 23.3 Å². The highest BCUT2D eigenvalue weighted by Crippen LogP contribution is 2.11. The number of nitrogens with zero attached hydrogens (tertiary/aromatic N) is 3. The zero-order valence-corrected chi connectivity index (χ0v) is 14.6. The molecule has 2 amide bonds. The quantitative estimate of drug-likeness (QED) is 0.746. The van der Waals surface area contributed by atoms with Crippen molar-refractivity contribution in [2.45, 2.75) is 39.5 Å². The first-order chi connectivity index (χ1) is 11.5. The predicted molar refractivity (Wildman–Crippen MR) is 86.8 cm³/mol. The highest BCUT2D eigenvalue weighted by molar-refractivity contribution is 5.81. The van der Waals surface area contributed by atoms with E-state index in [-0.39, 0.29) is 13.1 Å². The lowest BCUT2D eigenvalue weighted by Crippen LogP contribution is -2.48. The van der Waals surface area contributed by atoms with Crippen LogP contribution in [0.5, 0.6) is 0 Å². The van der Waals surface area contributed by atoms with E-state index >= 15 is 0 Å². The van der Waals surface area contributed by atoms with Gasteiger partial charge in [0.1, 0.15) is 5.60 Å². The Hall–Kier alpha value is -2.91. The van der Waals surface area contributed by atoms with Crippen LogP contribution in [0.25, 0.3) is 0 Å². The van der Waals surface area contributed by atoms with Gasteiger partial charge in [-0.3, -0.25) is 9.36 Å². The lowest BCUT2D eigenvalue weighted by Gasteiger charge is -2.29. The van der Waals surface area contributed by atoms with Gasteiger partial charge in [0.25, 0.3) is 0 Å².